The molecule has 0 fully saturated rings. The fraction of sp³-hybridized carbons (Fsp3) is 0. The van der Waals surface area contributed by atoms with Gasteiger partial charge in [-0.25, -0.2) is 0 Å². The van der Waals surface area contributed by atoms with Crippen LogP contribution in [0.3, 0.4) is 0 Å². The van der Waals surface area contributed by atoms with E-state index in [-0.39, 0.29) is 26.0 Å². The highest BCUT2D eigenvalue weighted by Gasteiger charge is 2.23. The van der Waals surface area contributed by atoms with E-state index in [4.69, 9.17) is 16.4 Å². The predicted molar refractivity (Wildman–Crippen MR) is 84.8 cm³/mol. The number of amidine groups is 1. The van der Waals surface area contributed by atoms with Gasteiger partial charge in [-0.05, 0) is 53.9 Å². The summed E-state index contributed by atoms with van der Waals surface area (Å²) in [7, 11) is 0. The summed E-state index contributed by atoms with van der Waals surface area (Å²) in [6.07, 6.45) is 0. The number of nitro benzene ring substituents is 1. The number of hydrazone groups is 1. The maximum atomic E-state index is 11.0. The summed E-state index contributed by atoms with van der Waals surface area (Å²) in [6.45, 7) is 0. The molecule has 1 rings (SSSR count). The molecular formula is C9H5Br3N6O2. The molecule has 0 atom stereocenters. The van der Waals surface area contributed by atoms with Crippen LogP contribution in [-0.2, 0) is 0 Å². The lowest BCUT2D eigenvalue weighted by molar-refractivity contribution is -0.386. The summed E-state index contributed by atoms with van der Waals surface area (Å²) in [5, 5.41) is 30.4. The first kappa shape index (κ1) is 16.5. The first-order valence-electron chi connectivity index (χ1n) is 4.69. The van der Waals surface area contributed by atoms with Crippen LogP contribution in [0.15, 0.2) is 24.6 Å². The summed E-state index contributed by atoms with van der Waals surface area (Å²) in [4.78, 5) is 10.4. The molecule has 8 nitrogen and oxygen atoms in total. The van der Waals surface area contributed by atoms with Crippen molar-refractivity contribution in [1.29, 1.82) is 10.7 Å². The monoisotopic (exact) mass is 466 g/mol. The minimum absolute atomic E-state index is 0.133. The van der Waals surface area contributed by atoms with Gasteiger partial charge in [-0.2, -0.15) is 10.4 Å². The number of halogens is 3. The largest absolute Gasteiger partial charge is 0.382 e. The molecule has 11 heteroatoms. The van der Waals surface area contributed by atoms with Crippen LogP contribution < -0.4 is 11.2 Å². The van der Waals surface area contributed by atoms with E-state index >= 15 is 0 Å². The van der Waals surface area contributed by atoms with Crippen LogP contribution in [0.5, 0.6) is 0 Å². The Hall–Kier alpha value is -1.51. The van der Waals surface area contributed by atoms with Gasteiger partial charge in [-0.3, -0.25) is 20.9 Å². The van der Waals surface area contributed by atoms with Crippen LogP contribution >= 0.6 is 47.8 Å². The van der Waals surface area contributed by atoms with Crippen LogP contribution in [0.4, 0.5) is 11.4 Å². The second-order valence-electron chi connectivity index (χ2n) is 3.23. The first-order valence-corrected chi connectivity index (χ1v) is 7.07. The van der Waals surface area contributed by atoms with Crippen molar-refractivity contribution in [2.45, 2.75) is 0 Å². The van der Waals surface area contributed by atoms with Gasteiger partial charge in [-0.15, -0.1) is 0 Å². The van der Waals surface area contributed by atoms with Gasteiger partial charge in [0.25, 0.3) is 5.69 Å². The smallest absolute Gasteiger partial charge is 0.299 e. The van der Waals surface area contributed by atoms with Crippen molar-refractivity contribution in [1.82, 2.24) is 0 Å². The number of hydrogen-bond donors (Lipinski definition) is 3. The van der Waals surface area contributed by atoms with Crippen molar-refractivity contribution in [2.75, 3.05) is 5.43 Å². The van der Waals surface area contributed by atoms with Crippen molar-refractivity contribution in [3.8, 4) is 6.07 Å². The molecule has 0 saturated heterocycles. The highest BCUT2D eigenvalue weighted by molar-refractivity contribution is 9.11. The molecule has 0 bridgehead atoms. The van der Waals surface area contributed by atoms with Crippen LogP contribution in [0, 0.1) is 26.9 Å². The Morgan fingerprint density at radius 2 is 2.10 bits per heavy atom. The third kappa shape index (κ3) is 3.53. The molecule has 0 radical (unpaired) electrons. The highest BCUT2D eigenvalue weighted by atomic mass is 79.9. The molecule has 0 aliphatic rings. The van der Waals surface area contributed by atoms with Gasteiger partial charge in [0, 0.05) is 4.47 Å². The lowest BCUT2D eigenvalue weighted by Gasteiger charge is -2.08. The molecule has 1 aromatic carbocycles. The van der Waals surface area contributed by atoms with E-state index in [0.717, 1.165) is 0 Å². The van der Waals surface area contributed by atoms with Crippen molar-refractivity contribution in [3.63, 3.8) is 0 Å². The molecule has 4 N–H and O–H groups in total. The summed E-state index contributed by atoms with van der Waals surface area (Å²) >= 11 is 9.38. The van der Waals surface area contributed by atoms with E-state index in [1.165, 1.54) is 6.07 Å². The van der Waals surface area contributed by atoms with Crippen molar-refractivity contribution < 1.29 is 4.92 Å². The van der Waals surface area contributed by atoms with Crippen LogP contribution in [-0.4, -0.2) is 16.5 Å². The van der Waals surface area contributed by atoms with Gasteiger partial charge >= 0.3 is 0 Å². The molecule has 1 aromatic rings. The Morgan fingerprint density at radius 3 is 2.55 bits per heavy atom. The van der Waals surface area contributed by atoms with Crippen molar-refractivity contribution in [2.24, 2.45) is 10.8 Å². The minimum Gasteiger partial charge on any atom is -0.382 e. The zero-order valence-corrected chi connectivity index (χ0v) is 14.2. The highest BCUT2D eigenvalue weighted by Crippen LogP contribution is 2.43. The summed E-state index contributed by atoms with van der Waals surface area (Å²) < 4.78 is 0.864. The number of nitro groups is 1. The molecule has 0 spiro atoms. The van der Waals surface area contributed by atoms with Gasteiger partial charge in [0.15, 0.2) is 5.84 Å². The Balaban J connectivity index is 3.34. The average molecular weight is 469 g/mol. The average Bonchev–Trinajstić information content (AvgIpc) is 2.31. The summed E-state index contributed by atoms with van der Waals surface area (Å²) in [5.74, 6) is -0.515. The van der Waals surface area contributed by atoms with Gasteiger partial charge in [0.1, 0.15) is 10.5 Å². The van der Waals surface area contributed by atoms with E-state index in [0.29, 0.717) is 4.47 Å². The Morgan fingerprint density at radius 1 is 1.50 bits per heavy atom. The Labute approximate surface area is 138 Å². The van der Waals surface area contributed by atoms with E-state index < -0.39 is 10.8 Å². The molecule has 0 amide bonds. The second kappa shape index (κ2) is 6.78. The maximum Gasteiger partial charge on any atom is 0.299 e. The normalized spacial score (nSPS) is 10.8. The number of hydrogen-bond acceptors (Lipinski definition) is 6. The molecule has 0 aliphatic carbocycles. The molecule has 0 heterocycles. The Bertz CT molecular complexity index is 667. The SMILES string of the molecule is N#C/C(=N\Nc1c(Br)cc(Br)c([N+](=O)[O-])c1Br)C(=N)N. The number of rotatable bonds is 4. The number of nitrogens with two attached hydrogens (primary N) is 1. The Kier molecular flexibility index (Phi) is 5.61. The van der Waals surface area contributed by atoms with E-state index in [1.54, 1.807) is 6.07 Å². The van der Waals surface area contributed by atoms with E-state index in [9.17, 15) is 10.1 Å². The van der Waals surface area contributed by atoms with E-state index in [2.05, 4.69) is 58.3 Å². The predicted octanol–water partition coefficient (Wildman–Crippen LogP) is 3.11. The standard InChI is InChI=1S/C9H5Br3N6O2/c10-3-1-4(11)8(18(19)20)6(12)7(3)17-16-5(2-13)9(14)15/h1,17H,(H3,14,15)/b16-5+. The fourth-order valence-electron chi connectivity index (χ4n) is 1.11. The second-order valence-corrected chi connectivity index (χ2v) is 5.73. The van der Waals surface area contributed by atoms with Crippen LogP contribution in [0.2, 0.25) is 0 Å². The van der Waals surface area contributed by atoms with Gasteiger partial charge in [0.05, 0.1) is 15.1 Å². The topological polar surface area (TPSA) is 141 Å². The fourth-order valence-corrected chi connectivity index (χ4v) is 3.69. The summed E-state index contributed by atoms with van der Waals surface area (Å²) in [5.41, 5.74) is 7.29. The molecule has 0 unspecified atom stereocenters. The number of benzene rings is 1. The van der Waals surface area contributed by atoms with Gasteiger partial charge in [0.2, 0.25) is 5.71 Å². The maximum absolute atomic E-state index is 11.0. The molecular weight excluding hydrogens is 464 g/mol. The number of nitriles is 1. The minimum atomic E-state index is -0.578. The third-order valence-electron chi connectivity index (χ3n) is 1.97. The number of anilines is 1. The van der Waals surface area contributed by atoms with Gasteiger partial charge in [-0.1, -0.05) is 0 Å². The molecule has 0 saturated carbocycles. The van der Waals surface area contributed by atoms with Crippen molar-refractivity contribution in [3.05, 3.63) is 29.6 Å². The molecule has 0 aromatic heterocycles. The van der Waals surface area contributed by atoms with Gasteiger partial charge < -0.3 is 5.73 Å². The molecule has 0 aliphatic heterocycles. The zero-order valence-electron chi connectivity index (χ0n) is 9.45. The summed E-state index contributed by atoms with van der Waals surface area (Å²) in [6, 6.07) is 3.08. The number of nitrogens with one attached hydrogen (secondary N) is 2. The zero-order chi connectivity index (χ0) is 15.4. The first-order chi connectivity index (χ1) is 9.29. The lowest BCUT2D eigenvalue weighted by atomic mass is 10.3. The van der Waals surface area contributed by atoms with E-state index in [1.807, 2.05) is 0 Å². The van der Waals surface area contributed by atoms with Crippen molar-refractivity contribution >= 4 is 70.7 Å². The third-order valence-corrected chi connectivity index (χ3v) is 3.97. The van der Waals surface area contributed by atoms with Crippen LogP contribution in [0.1, 0.15) is 0 Å². The van der Waals surface area contributed by atoms with Crippen LogP contribution in [0.25, 0.3) is 0 Å². The molecule has 20 heavy (non-hydrogen) atoms. The molecule has 104 valence electrons. The quantitative estimate of drug-likeness (QED) is 0.269. The number of nitrogens with zero attached hydrogens (tertiary/aromatic N) is 3. The lowest BCUT2D eigenvalue weighted by Crippen LogP contribution is -2.22.